The summed E-state index contributed by atoms with van der Waals surface area (Å²) < 4.78 is 1.76. The molecule has 2 rings (SSSR count). The third-order valence-corrected chi connectivity index (χ3v) is 3.31. The number of hydrogen-bond donors (Lipinski definition) is 1. The summed E-state index contributed by atoms with van der Waals surface area (Å²) in [6.07, 6.45) is 0.835. The van der Waals surface area contributed by atoms with Gasteiger partial charge < -0.3 is 5.11 Å². The Balaban J connectivity index is 2.49. The van der Waals surface area contributed by atoms with E-state index in [2.05, 4.69) is 5.10 Å². The van der Waals surface area contributed by atoms with E-state index < -0.39 is 6.10 Å². The van der Waals surface area contributed by atoms with Gasteiger partial charge in [0, 0.05) is 6.04 Å². The predicted octanol–water partition coefficient (Wildman–Crippen LogP) is 3.51. The van der Waals surface area contributed by atoms with E-state index in [-0.39, 0.29) is 6.04 Å². The summed E-state index contributed by atoms with van der Waals surface area (Å²) in [5.41, 5.74) is 2.56. The number of aliphatic hydroxyl groups excluding tert-OH is 1. The number of hydrogen-bond acceptors (Lipinski definition) is 2. The van der Waals surface area contributed by atoms with Crippen LogP contribution in [0.15, 0.2) is 30.5 Å². The van der Waals surface area contributed by atoms with Crippen LogP contribution in [0.1, 0.15) is 42.8 Å². The lowest BCUT2D eigenvalue weighted by molar-refractivity contribution is 0.204. The highest BCUT2D eigenvalue weighted by Crippen LogP contribution is 2.31. The molecule has 0 aliphatic carbocycles. The van der Waals surface area contributed by atoms with E-state index in [0.717, 1.165) is 11.1 Å². The van der Waals surface area contributed by atoms with Gasteiger partial charge in [-0.25, -0.2) is 0 Å². The fraction of sp³-hybridized carbons (Fsp3) is 0.357. The second kappa shape index (κ2) is 5.12. The summed E-state index contributed by atoms with van der Waals surface area (Å²) in [6.45, 7) is 6.00. The van der Waals surface area contributed by atoms with Crippen molar-refractivity contribution in [1.82, 2.24) is 9.78 Å². The van der Waals surface area contributed by atoms with Crippen molar-refractivity contribution in [1.29, 1.82) is 0 Å². The van der Waals surface area contributed by atoms with Crippen molar-refractivity contribution in [2.45, 2.75) is 32.9 Å². The molecule has 2 aromatic rings. The number of benzene rings is 1. The van der Waals surface area contributed by atoms with E-state index in [1.807, 2.05) is 45.0 Å². The average Bonchev–Trinajstić information content (AvgIpc) is 2.71. The van der Waals surface area contributed by atoms with Crippen LogP contribution < -0.4 is 0 Å². The maximum Gasteiger partial charge on any atom is 0.122 e. The van der Waals surface area contributed by atoms with Gasteiger partial charge in [0.1, 0.15) is 6.10 Å². The van der Waals surface area contributed by atoms with Gasteiger partial charge in [-0.3, -0.25) is 4.68 Å². The van der Waals surface area contributed by atoms with Crippen molar-refractivity contribution in [2.75, 3.05) is 0 Å². The zero-order chi connectivity index (χ0) is 13.3. The Hall–Kier alpha value is -1.32. The molecule has 0 spiro atoms. The molecule has 1 atom stereocenters. The van der Waals surface area contributed by atoms with E-state index in [4.69, 9.17) is 11.6 Å². The molecular weight excluding hydrogens is 248 g/mol. The van der Waals surface area contributed by atoms with E-state index >= 15 is 0 Å². The number of aliphatic hydroxyl groups is 1. The molecule has 1 N–H and O–H groups in total. The summed E-state index contributed by atoms with van der Waals surface area (Å²) in [5, 5.41) is 15.2. The number of rotatable bonds is 3. The monoisotopic (exact) mass is 264 g/mol. The van der Waals surface area contributed by atoms with Crippen LogP contribution in [-0.4, -0.2) is 14.9 Å². The van der Waals surface area contributed by atoms with Crippen LogP contribution >= 0.6 is 11.6 Å². The molecule has 1 aromatic carbocycles. The van der Waals surface area contributed by atoms with Gasteiger partial charge in [-0.2, -0.15) is 5.10 Å². The maximum absolute atomic E-state index is 10.5. The minimum Gasteiger partial charge on any atom is -0.382 e. The van der Waals surface area contributed by atoms with Crippen LogP contribution in [0.2, 0.25) is 5.02 Å². The summed E-state index contributed by atoms with van der Waals surface area (Å²) in [7, 11) is 0. The molecule has 4 heteroatoms. The summed E-state index contributed by atoms with van der Waals surface area (Å²) in [4.78, 5) is 0. The van der Waals surface area contributed by atoms with Crippen molar-refractivity contribution in [3.63, 3.8) is 0 Å². The fourth-order valence-electron chi connectivity index (χ4n) is 2.06. The van der Waals surface area contributed by atoms with Gasteiger partial charge in [0.05, 0.1) is 16.9 Å². The molecule has 0 amide bonds. The van der Waals surface area contributed by atoms with Crippen molar-refractivity contribution >= 4 is 11.6 Å². The highest BCUT2D eigenvalue weighted by Gasteiger charge is 2.22. The quantitative estimate of drug-likeness (QED) is 0.921. The lowest BCUT2D eigenvalue weighted by Crippen LogP contribution is -2.13. The van der Waals surface area contributed by atoms with Gasteiger partial charge in [-0.05, 0) is 31.9 Å². The first-order valence-corrected chi connectivity index (χ1v) is 6.36. The molecule has 0 saturated heterocycles. The molecule has 0 radical (unpaired) electrons. The lowest BCUT2D eigenvalue weighted by Gasteiger charge is -2.18. The highest BCUT2D eigenvalue weighted by atomic mass is 35.5. The van der Waals surface area contributed by atoms with Crippen molar-refractivity contribution in [3.8, 4) is 0 Å². The second-order valence-corrected chi connectivity index (χ2v) is 5.08. The summed E-state index contributed by atoms with van der Waals surface area (Å²) >= 11 is 6.14. The molecule has 1 unspecified atom stereocenters. The summed E-state index contributed by atoms with van der Waals surface area (Å²) in [5.74, 6) is 0. The Morgan fingerprint density at radius 1 is 1.28 bits per heavy atom. The molecule has 0 aliphatic rings. The second-order valence-electron chi connectivity index (χ2n) is 4.68. The Labute approximate surface area is 112 Å². The van der Waals surface area contributed by atoms with Crippen LogP contribution in [-0.2, 0) is 0 Å². The first kappa shape index (κ1) is 13.1. The van der Waals surface area contributed by atoms with Gasteiger partial charge in [0.25, 0.3) is 0 Å². The number of aryl methyl sites for hydroxylation is 1. The molecular formula is C14H17ClN2O. The normalized spacial score (nSPS) is 13.0. The standard InChI is InChI=1S/C14H17ClN2O/c1-9(2)17-13(12(15)8-16-17)14(18)11-7-5-4-6-10(11)3/h4-9,14,18H,1-3H3. The largest absolute Gasteiger partial charge is 0.382 e. The lowest BCUT2D eigenvalue weighted by atomic mass is 10.0. The van der Waals surface area contributed by atoms with Crippen LogP contribution in [0.4, 0.5) is 0 Å². The zero-order valence-electron chi connectivity index (χ0n) is 10.8. The topological polar surface area (TPSA) is 38.1 Å². The molecule has 0 fully saturated rings. The molecule has 3 nitrogen and oxygen atoms in total. The van der Waals surface area contributed by atoms with E-state index in [1.54, 1.807) is 10.9 Å². The first-order chi connectivity index (χ1) is 8.52. The number of aromatic nitrogens is 2. The van der Waals surface area contributed by atoms with Gasteiger partial charge in [-0.1, -0.05) is 35.9 Å². The highest BCUT2D eigenvalue weighted by molar-refractivity contribution is 6.31. The Bertz CT molecular complexity index is 548. The van der Waals surface area contributed by atoms with E-state index in [1.165, 1.54) is 0 Å². The molecule has 18 heavy (non-hydrogen) atoms. The molecule has 0 saturated carbocycles. The number of halogens is 1. The van der Waals surface area contributed by atoms with Gasteiger partial charge in [0.15, 0.2) is 0 Å². The van der Waals surface area contributed by atoms with Gasteiger partial charge >= 0.3 is 0 Å². The van der Waals surface area contributed by atoms with Gasteiger partial charge in [0.2, 0.25) is 0 Å². The number of nitrogens with zero attached hydrogens (tertiary/aromatic N) is 2. The molecule has 96 valence electrons. The van der Waals surface area contributed by atoms with Crippen LogP contribution in [0.25, 0.3) is 0 Å². The van der Waals surface area contributed by atoms with Crippen molar-refractivity contribution in [3.05, 3.63) is 52.3 Å². The summed E-state index contributed by atoms with van der Waals surface area (Å²) in [6, 6.07) is 7.91. The first-order valence-electron chi connectivity index (χ1n) is 5.99. The maximum atomic E-state index is 10.5. The Kier molecular flexibility index (Phi) is 3.73. The predicted molar refractivity (Wildman–Crippen MR) is 72.9 cm³/mol. The molecule has 0 aliphatic heterocycles. The van der Waals surface area contributed by atoms with Gasteiger partial charge in [-0.15, -0.1) is 0 Å². The molecule has 0 bridgehead atoms. The minimum atomic E-state index is -0.747. The SMILES string of the molecule is Cc1ccccc1C(O)c1c(Cl)cnn1C(C)C. The third kappa shape index (κ3) is 2.28. The molecule has 1 heterocycles. The third-order valence-electron chi connectivity index (χ3n) is 3.02. The Morgan fingerprint density at radius 2 is 1.94 bits per heavy atom. The Morgan fingerprint density at radius 3 is 2.56 bits per heavy atom. The smallest absolute Gasteiger partial charge is 0.122 e. The fourth-order valence-corrected chi connectivity index (χ4v) is 2.29. The zero-order valence-corrected chi connectivity index (χ0v) is 11.5. The van der Waals surface area contributed by atoms with E-state index in [0.29, 0.717) is 10.7 Å². The van der Waals surface area contributed by atoms with Crippen LogP contribution in [0, 0.1) is 6.92 Å². The molecule has 1 aromatic heterocycles. The van der Waals surface area contributed by atoms with Crippen molar-refractivity contribution < 1.29 is 5.11 Å². The van der Waals surface area contributed by atoms with Crippen molar-refractivity contribution in [2.24, 2.45) is 0 Å². The minimum absolute atomic E-state index is 0.158. The van der Waals surface area contributed by atoms with Crippen LogP contribution in [0.5, 0.6) is 0 Å². The van der Waals surface area contributed by atoms with E-state index in [9.17, 15) is 5.11 Å². The van der Waals surface area contributed by atoms with Crippen LogP contribution in [0.3, 0.4) is 0 Å². The average molecular weight is 265 g/mol.